The number of carbonyl (C=O) groups is 1. The first-order valence-electron chi connectivity index (χ1n) is 28.7. The number of phosphoric acid groups is 1. The van der Waals surface area contributed by atoms with Gasteiger partial charge in [-0.25, -0.2) is 4.57 Å². The fraction of sp³-hybridized carbons (Fsp3) is 0.814. The summed E-state index contributed by atoms with van der Waals surface area (Å²) in [5.74, 6) is -0.187. The summed E-state index contributed by atoms with van der Waals surface area (Å²) in [6.45, 7) is 4.80. The lowest BCUT2D eigenvalue weighted by atomic mass is 10.0. The number of nitrogens with zero attached hydrogens (tertiary/aromatic N) is 1. The molecule has 1 amide bonds. The van der Waals surface area contributed by atoms with Crippen molar-refractivity contribution in [2.45, 2.75) is 270 Å². The van der Waals surface area contributed by atoms with Crippen LogP contribution in [0.25, 0.3) is 0 Å². The molecule has 0 fully saturated rings. The van der Waals surface area contributed by atoms with Crippen molar-refractivity contribution < 1.29 is 32.9 Å². The molecule has 0 saturated heterocycles. The summed E-state index contributed by atoms with van der Waals surface area (Å²) in [5, 5.41) is 13.9. The van der Waals surface area contributed by atoms with Crippen LogP contribution >= 0.6 is 7.82 Å². The maximum Gasteiger partial charge on any atom is 0.472 e. The highest BCUT2D eigenvalue weighted by Crippen LogP contribution is 2.43. The van der Waals surface area contributed by atoms with Crippen LogP contribution in [0.1, 0.15) is 258 Å². The Morgan fingerprint density at radius 2 is 0.853 bits per heavy atom. The number of rotatable bonds is 52. The number of quaternary nitrogens is 1. The lowest BCUT2D eigenvalue weighted by molar-refractivity contribution is -0.870. The van der Waals surface area contributed by atoms with Gasteiger partial charge in [-0.15, -0.1) is 0 Å². The summed E-state index contributed by atoms with van der Waals surface area (Å²) in [6.07, 6.45) is 67.5. The molecule has 0 radical (unpaired) electrons. The fourth-order valence-corrected chi connectivity index (χ4v) is 8.92. The van der Waals surface area contributed by atoms with Gasteiger partial charge < -0.3 is 19.8 Å². The summed E-state index contributed by atoms with van der Waals surface area (Å²) >= 11 is 0. The van der Waals surface area contributed by atoms with Crippen molar-refractivity contribution in [3.05, 3.63) is 60.8 Å². The predicted molar refractivity (Wildman–Crippen MR) is 295 cm³/mol. The molecule has 0 aromatic heterocycles. The quantitative estimate of drug-likeness (QED) is 0.0243. The molecule has 3 N–H and O–H groups in total. The Bertz CT molecular complexity index is 1290. The highest BCUT2D eigenvalue weighted by molar-refractivity contribution is 7.47. The van der Waals surface area contributed by atoms with E-state index in [2.05, 4.69) is 67.8 Å². The van der Waals surface area contributed by atoms with Gasteiger partial charge in [0.15, 0.2) is 0 Å². The number of hydrogen-bond donors (Lipinski definition) is 3. The number of aliphatic hydroxyl groups is 1. The smallest absolute Gasteiger partial charge is 0.387 e. The van der Waals surface area contributed by atoms with E-state index in [-0.39, 0.29) is 19.1 Å². The van der Waals surface area contributed by atoms with Crippen LogP contribution < -0.4 is 5.32 Å². The third-order valence-electron chi connectivity index (χ3n) is 12.7. The highest BCUT2D eigenvalue weighted by Gasteiger charge is 2.27. The minimum Gasteiger partial charge on any atom is -0.387 e. The largest absolute Gasteiger partial charge is 0.472 e. The molecule has 0 aliphatic heterocycles. The summed E-state index contributed by atoms with van der Waals surface area (Å²) < 4.78 is 23.7. The van der Waals surface area contributed by atoms with Crippen LogP contribution in [0.3, 0.4) is 0 Å². The van der Waals surface area contributed by atoms with Gasteiger partial charge in [-0.05, 0) is 70.6 Å². The van der Waals surface area contributed by atoms with E-state index < -0.39 is 20.0 Å². The first-order valence-corrected chi connectivity index (χ1v) is 30.2. The van der Waals surface area contributed by atoms with E-state index in [9.17, 15) is 19.4 Å². The number of carbonyl (C=O) groups excluding carboxylic acids is 1. The van der Waals surface area contributed by atoms with Gasteiger partial charge in [0, 0.05) is 6.42 Å². The Kier molecular flexibility index (Phi) is 48.8. The normalized spacial score (nSPS) is 14.4. The lowest BCUT2D eigenvalue weighted by Crippen LogP contribution is -2.45. The van der Waals surface area contributed by atoms with Crippen molar-refractivity contribution >= 4 is 13.7 Å². The van der Waals surface area contributed by atoms with Crippen molar-refractivity contribution in [3.63, 3.8) is 0 Å². The molecule has 3 atom stereocenters. The number of hydrogen-bond acceptors (Lipinski definition) is 5. The monoisotopic (exact) mass is 976 g/mol. The van der Waals surface area contributed by atoms with E-state index in [0.717, 1.165) is 51.4 Å². The molecule has 0 aromatic carbocycles. The predicted octanol–water partition coefficient (Wildman–Crippen LogP) is 17.3. The maximum atomic E-state index is 13.0. The van der Waals surface area contributed by atoms with E-state index in [1.807, 2.05) is 27.2 Å². The topological polar surface area (TPSA) is 105 Å². The average molecular weight is 977 g/mol. The van der Waals surface area contributed by atoms with Crippen molar-refractivity contribution in [2.24, 2.45) is 0 Å². The molecular weight excluding hydrogens is 864 g/mol. The highest BCUT2D eigenvalue weighted by atomic mass is 31.2. The van der Waals surface area contributed by atoms with Gasteiger partial charge in [0.25, 0.3) is 0 Å². The SMILES string of the molecule is CCCCCCC/C=C\C/C=C\C/C=C\CCCCCCCCCCCCCCCCC(=O)NC(COP(=O)(O)OCC[N+](C)(C)C)C(O)/C=C/CC/C=C/CCCCCCCCCCCCC. The second-order valence-electron chi connectivity index (χ2n) is 20.7. The minimum atomic E-state index is -4.35. The van der Waals surface area contributed by atoms with Gasteiger partial charge >= 0.3 is 7.82 Å². The van der Waals surface area contributed by atoms with E-state index in [1.54, 1.807) is 6.08 Å². The zero-order valence-corrected chi connectivity index (χ0v) is 46.2. The van der Waals surface area contributed by atoms with Gasteiger partial charge in [0.05, 0.1) is 39.9 Å². The first kappa shape index (κ1) is 66.2. The fourth-order valence-electron chi connectivity index (χ4n) is 8.18. The van der Waals surface area contributed by atoms with E-state index in [4.69, 9.17) is 9.05 Å². The van der Waals surface area contributed by atoms with Crippen molar-refractivity contribution in [2.75, 3.05) is 40.9 Å². The summed E-state index contributed by atoms with van der Waals surface area (Å²) in [4.78, 5) is 23.3. The Balaban J connectivity index is 4.19. The summed E-state index contributed by atoms with van der Waals surface area (Å²) in [6, 6.07) is -0.865. The van der Waals surface area contributed by atoms with Crippen molar-refractivity contribution in [3.8, 4) is 0 Å². The van der Waals surface area contributed by atoms with Crippen molar-refractivity contribution in [1.82, 2.24) is 5.32 Å². The molecule has 398 valence electrons. The second-order valence-corrected chi connectivity index (χ2v) is 22.1. The third kappa shape index (κ3) is 52.0. The Labute approximate surface area is 422 Å². The first-order chi connectivity index (χ1) is 33.0. The van der Waals surface area contributed by atoms with Gasteiger partial charge in [0.1, 0.15) is 13.2 Å². The summed E-state index contributed by atoms with van der Waals surface area (Å²) in [7, 11) is 1.55. The lowest BCUT2D eigenvalue weighted by Gasteiger charge is -2.25. The molecule has 0 aliphatic rings. The van der Waals surface area contributed by atoms with Crippen LogP contribution in [-0.4, -0.2) is 73.4 Å². The molecule has 0 heterocycles. The van der Waals surface area contributed by atoms with Crippen LogP contribution in [0.2, 0.25) is 0 Å². The molecule has 0 aliphatic carbocycles. The molecule has 68 heavy (non-hydrogen) atoms. The van der Waals surface area contributed by atoms with Crippen LogP contribution in [0.15, 0.2) is 60.8 Å². The number of unbranched alkanes of at least 4 members (excludes halogenated alkanes) is 31. The number of amides is 1. The third-order valence-corrected chi connectivity index (χ3v) is 13.7. The Hall–Kier alpha value is -1.80. The molecule has 0 spiro atoms. The Morgan fingerprint density at radius 1 is 0.500 bits per heavy atom. The second kappa shape index (κ2) is 50.2. The van der Waals surface area contributed by atoms with Crippen LogP contribution in [0.4, 0.5) is 0 Å². The molecular formula is C59H112N2O6P+. The average Bonchev–Trinajstić information content (AvgIpc) is 3.30. The molecule has 9 heteroatoms. The number of phosphoric ester groups is 1. The number of aliphatic hydroxyl groups excluding tert-OH is 1. The number of likely N-dealkylation sites (N-methyl/N-ethyl adjacent to an activating group) is 1. The van der Waals surface area contributed by atoms with Gasteiger partial charge in [-0.1, -0.05) is 242 Å². The van der Waals surface area contributed by atoms with Crippen molar-refractivity contribution in [1.29, 1.82) is 0 Å². The van der Waals surface area contributed by atoms with E-state index >= 15 is 0 Å². The molecule has 3 unspecified atom stereocenters. The minimum absolute atomic E-state index is 0.0550. The summed E-state index contributed by atoms with van der Waals surface area (Å²) in [5.41, 5.74) is 0. The molecule has 8 nitrogen and oxygen atoms in total. The zero-order chi connectivity index (χ0) is 49.9. The number of nitrogens with one attached hydrogen (secondary N) is 1. The van der Waals surface area contributed by atoms with Crippen LogP contribution in [-0.2, 0) is 18.4 Å². The van der Waals surface area contributed by atoms with Gasteiger partial charge in [-0.3, -0.25) is 13.8 Å². The van der Waals surface area contributed by atoms with Crippen LogP contribution in [0, 0.1) is 0 Å². The van der Waals surface area contributed by atoms with Gasteiger partial charge in [-0.2, -0.15) is 0 Å². The zero-order valence-electron chi connectivity index (χ0n) is 45.3. The van der Waals surface area contributed by atoms with E-state index in [1.165, 1.54) is 186 Å². The number of allylic oxidation sites excluding steroid dienone is 9. The molecule has 0 saturated carbocycles. The van der Waals surface area contributed by atoms with E-state index in [0.29, 0.717) is 17.4 Å². The van der Waals surface area contributed by atoms with Crippen LogP contribution in [0.5, 0.6) is 0 Å². The van der Waals surface area contributed by atoms with Gasteiger partial charge in [0.2, 0.25) is 5.91 Å². The molecule has 0 aromatic rings. The standard InChI is InChI=1S/C59H111N2O6P/c1-6-8-10-12-14-16-18-20-22-24-25-26-27-28-29-30-31-32-33-34-35-37-39-41-43-45-47-49-51-53-59(63)60-57(56-67-68(64,65)66-55-54-61(3,4)5)58(62)52-50-48-46-44-42-40-38-36-23-21-19-17-15-13-11-9-7-2/h18,20,24-25,27-28,42,44,50,52,57-58,62H,6-17,19,21-23,26,29-41,43,45-49,51,53-56H2,1-5H3,(H-,60,63,64,65)/p+1/b20-18-,25-24-,28-27-,44-42+,52-50+. The maximum absolute atomic E-state index is 13.0. The molecule has 0 bridgehead atoms. The molecule has 0 rings (SSSR count). The Morgan fingerprint density at radius 3 is 1.28 bits per heavy atom.